The number of aromatic nitrogens is 3. The molecule has 27 heavy (non-hydrogen) atoms. The highest BCUT2D eigenvalue weighted by Crippen LogP contribution is 2.24. The normalized spacial score (nSPS) is 16.0. The van der Waals surface area contributed by atoms with E-state index in [0.717, 1.165) is 25.2 Å². The van der Waals surface area contributed by atoms with Gasteiger partial charge in [0.1, 0.15) is 11.6 Å². The topological polar surface area (TPSA) is 54.3 Å². The first-order chi connectivity index (χ1) is 12.7. The summed E-state index contributed by atoms with van der Waals surface area (Å²) in [5.74, 6) is 0. The van der Waals surface area contributed by atoms with Crippen LogP contribution in [0.2, 0.25) is 5.02 Å². The zero-order valence-corrected chi connectivity index (χ0v) is 15.5. The lowest BCUT2D eigenvalue weighted by atomic mass is 10.1. The van der Waals surface area contributed by atoms with Gasteiger partial charge >= 0.3 is 6.18 Å². The van der Waals surface area contributed by atoms with Gasteiger partial charge < -0.3 is 4.90 Å². The van der Waals surface area contributed by atoms with E-state index in [-0.39, 0.29) is 5.02 Å². The molecule has 0 radical (unpaired) electrons. The van der Waals surface area contributed by atoms with Crippen molar-refractivity contribution in [1.29, 1.82) is 0 Å². The second kappa shape index (κ2) is 7.85. The summed E-state index contributed by atoms with van der Waals surface area (Å²) in [6, 6.07) is 1.97. The average Bonchev–Trinajstić information content (AvgIpc) is 2.61. The van der Waals surface area contributed by atoms with E-state index in [4.69, 9.17) is 11.6 Å². The molecule has 10 heteroatoms. The van der Waals surface area contributed by atoms with E-state index in [0.29, 0.717) is 23.5 Å². The number of hydrogen-bond acceptors (Lipinski definition) is 5. The SMILES string of the molecule is Cc1ccncc1CN1CCN(c2cnn(CC(F)(F)F)c(=O)c2Cl)CC1. The van der Waals surface area contributed by atoms with E-state index in [2.05, 4.69) is 15.0 Å². The monoisotopic (exact) mass is 401 g/mol. The Bertz CT molecular complexity index is 862. The third kappa shape index (κ3) is 4.78. The first-order valence-corrected chi connectivity index (χ1v) is 8.81. The predicted octanol–water partition coefficient (Wildman–Crippen LogP) is 2.48. The van der Waals surface area contributed by atoms with Crippen molar-refractivity contribution < 1.29 is 13.2 Å². The largest absolute Gasteiger partial charge is 0.408 e. The van der Waals surface area contributed by atoms with Gasteiger partial charge in [0.2, 0.25) is 0 Å². The molecule has 0 amide bonds. The van der Waals surface area contributed by atoms with Crippen LogP contribution in [0.15, 0.2) is 29.5 Å². The first kappa shape index (κ1) is 19.6. The van der Waals surface area contributed by atoms with Gasteiger partial charge in [0, 0.05) is 45.1 Å². The fraction of sp³-hybridized carbons (Fsp3) is 0.471. The van der Waals surface area contributed by atoms with Gasteiger partial charge in [0.15, 0.2) is 0 Å². The molecule has 3 heterocycles. The third-order valence-corrected chi connectivity index (χ3v) is 4.91. The summed E-state index contributed by atoms with van der Waals surface area (Å²) in [6.07, 6.45) is 0.309. The Morgan fingerprint density at radius 3 is 2.52 bits per heavy atom. The smallest absolute Gasteiger partial charge is 0.366 e. The zero-order chi connectivity index (χ0) is 19.6. The lowest BCUT2D eigenvalue weighted by molar-refractivity contribution is -0.143. The van der Waals surface area contributed by atoms with Crippen molar-refractivity contribution in [2.75, 3.05) is 31.1 Å². The summed E-state index contributed by atoms with van der Waals surface area (Å²) in [5, 5.41) is 3.40. The maximum Gasteiger partial charge on any atom is 0.408 e. The van der Waals surface area contributed by atoms with Crippen molar-refractivity contribution in [3.05, 3.63) is 51.2 Å². The summed E-state index contributed by atoms with van der Waals surface area (Å²) >= 11 is 6.04. The van der Waals surface area contributed by atoms with Crippen LogP contribution < -0.4 is 10.5 Å². The van der Waals surface area contributed by atoms with Gasteiger partial charge in [-0.15, -0.1) is 0 Å². The van der Waals surface area contributed by atoms with Crippen LogP contribution in [0.3, 0.4) is 0 Å². The van der Waals surface area contributed by atoms with Gasteiger partial charge in [0.05, 0.1) is 11.9 Å². The number of anilines is 1. The average molecular weight is 402 g/mol. The summed E-state index contributed by atoms with van der Waals surface area (Å²) < 4.78 is 37.8. The summed E-state index contributed by atoms with van der Waals surface area (Å²) in [4.78, 5) is 20.4. The molecule has 146 valence electrons. The highest BCUT2D eigenvalue weighted by atomic mass is 35.5. The Balaban J connectivity index is 1.67. The molecule has 3 rings (SSSR count). The molecule has 1 aliphatic rings. The number of rotatable bonds is 4. The minimum Gasteiger partial charge on any atom is -0.366 e. The second-order valence-electron chi connectivity index (χ2n) is 6.49. The number of hydrogen-bond donors (Lipinski definition) is 0. The summed E-state index contributed by atoms with van der Waals surface area (Å²) in [6.45, 7) is 4.02. The van der Waals surface area contributed by atoms with E-state index < -0.39 is 18.3 Å². The van der Waals surface area contributed by atoms with Crippen molar-refractivity contribution in [3.63, 3.8) is 0 Å². The number of nitrogens with zero attached hydrogens (tertiary/aromatic N) is 5. The zero-order valence-electron chi connectivity index (χ0n) is 14.7. The van der Waals surface area contributed by atoms with Gasteiger partial charge in [-0.2, -0.15) is 18.3 Å². The van der Waals surface area contributed by atoms with Crippen LogP contribution in [0.1, 0.15) is 11.1 Å². The molecule has 0 aromatic carbocycles. The van der Waals surface area contributed by atoms with Gasteiger partial charge in [-0.1, -0.05) is 11.6 Å². The molecule has 2 aromatic rings. The Kier molecular flexibility index (Phi) is 5.71. The summed E-state index contributed by atoms with van der Waals surface area (Å²) in [7, 11) is 0. The number of halogens is 4. The minimum atomic E-state index is -4.53. The molecule has 1 aliphatic heterocycles. The third-order valence-electron chi connectivity index (χ3n) is 4.55. The molecule has 6 nitrogen and oxygen atoms in total. The first-order valence-electron chi connectivity index (χ1n) is 8.44. The summed E-state index contributed by atoms with van der Waals surface area (Å²) in [5.41, 5.74) is 1.77. The van der Waals surface area contributed by atoms with Crippen molar-refractivity contribution in [3.8, 4) is 0 Å². The second-order valence-corrected chi connectivity index (χ2v) is 6.87. The molecular formula is C17H19ClF3N5O. The molecule has 2 aromatic heterocycles. The molecular weight excluding hydrogens is 383 g/mol. The number of aryl methyl sites for hydroxylation is 1. The van der Waals surface area contributed by atoms with Crippen molar-refractivity contribution in [2.45, 2.75) is 26.2 Å². The molecule has 0 spiro atoms. The van der Waals surface area contributed by atoms with E-state index in [1.54, 1.807) is 6.20 Å². The number of alkyl halides is 3. The van der Waals surface area contributed by atoms with Crippen LogP contribution in [0.5, 0.6) is 0 Å². The van der Waals surface area contributed by atoms with Crippen LogP contribution in [-0.2, 0) is 13.1 Å². The lowest BCUT2D eigenvalue weighted by Crippen LogP contribution is -2.46. The van der Waals surface area contributed by atoms with Gasteiger partial charge in [-0.3, -0.25) is 14.7 Å². The molecule has 0 saturated carbocycles. The molecule has 1 saturated heterocycles. The van der Waals surface area contributed by atoms with Crippen LogP contribution in [0.4, 0.5) is 18.9 Å². The molecule has 0 unspecified atom stereocenters. The predicted molar refractivity (Wildman–Crippen MR) is 96.0 cm³/mol. The molecule has 0 bridgehead atoms. The number of piperazine rings is 1. The van der Waals surface area contributed by atoms with Gasteiger partial charge in [0.25, 0.3) is 5.56 Å². The Labute approximate surface area is 159 Å². The molecule has 0 atom stereocenters. The minimum absolute atomic E-state index is 0.231. The van der Waals surface area contributed by atoms with E-state index in [1.807, 2.05) is 24.1 Å². The van der Waals surface area contributed by atoms with Crippen molar-refractivity contribution >= 4 is 17.3 Å². The fourth-order valence-corrected chi connectivity index (χ4v) is 3.28. The number of pyridine rings is 1. The quantitative estimate of drug-likeness (QED) is 0.788. The maximum absolute atomic E-state index is 12.5. The molecule has 0 aliphatic carbocycles. The van der Waals surface area contributed by atoms with Gasteiger partial charge in [-0.25, -0.2) is 4.68 Å². The Hall–Kier alpha value is -2.13. The van der Waals surface area contributed by atoms with Crippen LogP contribution in [0.25, 0.3) is 0 Å². The highest BCUT2D eigenvalue weighted by Gasteiger charge is 2.30. The van der Waals surface area contributed by atoms with E-state index in [9.17, 15) is 18.0 Å². The molecule has 0 N–H and O–H groups in total. The van der Waals surface area contributed by atoms with Crippen LogP contribution in [-0.4, -0.2) is 52.0 Å². The fourth-order valence-electron chi connectivity index (χ4n) is 3.01. The Morgan fingerprint density at radius 2 is 1.89 bits per heavy atom. The Morgan fingerprint density at radius 1 is 1.19 bits per heavy atom. The van der Waals surface area contributed by atoms with E-state index >= 15 is 0 Å². The van der Waals surface area contributed by atoms with Crippen LogP contribution >= 0.6 is 11.6 Å². The van der Waals surface area contributed by atoms with Crippen molar-refractivity contribution in [1.82, 2.24) is 19.7 Å². The van der Waals surface area contributed by atoms with E-state index in [1.165, 1.54) is 11.8 Å². The van der Waals surface area contributed by atoms with Gasteiger partial charge in [-0.05, 0) is 24.1 Å². The maximum atomic E-state index is 12.5. The molecule has 1 fully saturated rings. The highest BCUT2D eigenvalue weighted by molar-refractivity contribution is 6.33. The van der Waals surface area contributed by atoms with Crippen molar-refractivity contribution in [2.24, 2.45) is 0 Å². The lowest BCUT2D eigenvalue weighted by Gasteiger charge is -2.36. The standard InChI is InChI=1S/C17H19ClF3N5O/c1-12-2-3-22-8-13(12)10-24-4-6-25(7-5-24)14-9-23-26(11-17(19,20)21)16(27)15(14)18/h2-3,8-9H,4-7,10-11H2,1H3. The van der Waals surface area contributed by atoms with Crippen LogP contribution in [0, 0.1) is 6.92 Å².